The van der Waals surface area contributed by atoms with Crippen molar-refractivity contribution in [3.8, 4) is 0 Å². The van der Waals surface area contributed by atoms with Crippen LogP contribution in [0, 0.1) is 0 Å². The molecule has 16 nitrogen and oxygen atoms in total. The van der Waals surface area contributed by atoms with E-state index in [1.54, 1.807) is 0 Å². The van der Waals surface area contributed by atoms with Crippen LogP contribution in [0.3, 0.4) is 0 Å². The average Bonchev–Trinajstić information content (AvgIpc) is 2.83. The van der Waals surface area contributed by atoms with Crippen LogP contribution in [0.25, 0.3) is 0 Å². The summed E-state index contributed by atoms with van der Waals surface area (Å²) in [5.41, 5.74) is 0. The van der Waals surface area contributed by atoms with Crippen molar-refractivity contribution in [3.63, 3.8) is 0 Å². The summed E-state index contributed by atoms with van der Waals surface area (Å²) in [4.78, 5) is 0. The average molecular weight is 504 g/mol. The van der Waals surface area contributed by atoms with Crippen LogP contribution in [-0.4, -0.2) is 168 Å². The molecule has 3 heterocycles. The van der Waals surface area contributed by atoms with Gasteiger partial charge in [0.15, 0.2) is 18.9 Å². The van der Waals surface area contributed by atoms with Crippen LogP contribution in [0.1, 0.15) is 0 Å². The third-order valence-corrected chi connectivity index (χ3v) is 6.08. The highest BCUT2D eigenvalue weighted by Gasteiger charge is 2.52. The Morgan fingerprint density at radius 2 is 0.765 bits per heavy atom. The van der Waals surface area contributed by atoms with Gasteiger partial charge in [0, 0.05) is 0 Å². The Morgan fingerprint density at radius 3 is 1.18 bits per heavy atom. The van der Waals surface area contributed by atoms with E-state index in [1.165, 1.54) is 0 Å². The quantitative estimate of drug-likeness (QED) is 0.154. The molecule has 200 valence electrons. The van der Waals surface area contributed by atoms with Crippen molar-refractivity contribution >= 4 is 0 Å². The second-order valence-corrected chi connectivity index (χ2v) is 8.34. The van der Waals surface area contributed by atoms with Crippen LogP contribution < -0.4 is 0 Å². The smallest absolute Gasteiger partial charge is 0.189 e. The summed E-state index contributed by atoms with van der Waals surface area (Å²) < 4.78 is 26.5. The van der Waals surface area contributed by atoms with E-state index in [0.717, 1.165) is 0 Å². The summed E-state index contributed by atoms with van der Waals surface area (Å²) in [6.07, 6.45) is -25.1. The molecule has 34 heavy (non-hydrogen) atoms. The molecule has 16 heteroatoms. The first-order chi connectivity index (χ1) is 16.0. The predicted molar refractivity (Wildman–Crippen MR) is 101 cm³/mol. The SMILES string of the molecule is OC[C@H]1O[C@@H](OC2O[C@H](CO)[C@@H](O[C@H]3O[C@H](CO)[C@@H](O)[C@H](O)[C@H]3O)[C@H](O)[C@H]2O)[C@H](O)[C@@H](O)[C@@H]1O. The molecular weight excluding hydrogens is 472 g/mol. The standard InChI is InChI=1S/C18H32O16/c19-1-4-7(22)9(24)12(27)16(30-4)33-15-6(3-21)32-18(14(29)11(15)26)34-17-13(28)10(25)8(23)5(2-20)31-17/h4-29H,1-3H2/t4-,5-,6-,7-,8-,9+,10+,11-,12-,13-,14-,15-,16-,17+,18?/m1/s1. The molecule has 3 aliphatic rings. The van der Waals surface area contributed by atoms with E-state index < -0.39 is 112 Å². The van der Waals surface area contributed by atoms with E-state index in [9.17, 15) is 56.2 Å². The second-order valence-electron chi connectivity index (χ2n) is 8.34. The van der Waals surface area contributed by atoms with Gasteiger partial charge in [-0.25, -0.2) is 0 Å². The molecule has 3 saturated heterocycles. The van der Waals surface area contributed by atoms with Gasteiger partial charge in [0.2, 0.25) is 0 Å². The van der Waals surface area contributed by atoms with Crippen LogP contribution in [0.15, 0.2) is 0 Å². The molecule has 3 fully saturated rings. The molecule has 0 spiro atoms. The third kappa shape index (κ3) is 5.37. The lowest BCUT2D eigenvalue weighted by Gasteiger charge is -2.47. The van der Waals surface area contributed by atoms with Crippen molar-refractivity contribution in [3.05, 3.63) is 0 Å². The van der Waals surface area contributed by atoms with Gasteiger partial charge >= 0.3 is 0 Å². The lowest BCUT2D eigenvalue weighted by atomic mass is 9.96. The molecular formula is C18H32O16. The minimum Gasteiger partial charge on any atom is -0.394 e. The zero-order valence-corrected chi connectivity index (χ0v) is 17.7. The largest absolute Gasteiger partial charge is 0.394 e. The molecule has 0 saturated carbocycles. The van der Waals surface area contributed by atoms with E-state index >= 15 is 0 Å². The third-order valence-electron chi connectivity index (χ3n) is 6.08. The lowest BCUT2D eigenvalue weighted by molar-refractivity contribution is -0.391. The van der Waals surface area contributed by atoms with Crippen LogP contribution in [0.5, 0.6) is 0 Å². The molecule has 15 atom stereocenters. The minimum atomic E-state index is -1.91. The summed E-state index contributed by atoms with van der Waals surface area (Å²) in [7, 11) is 0. The number of aliphatic hydroxyl groups excluding tert-OH is 11. The molecule has 0 aromatic carbocycles. The predicted octanol–water partition coefficient (Wildman–Crippen LogP) is -7.57. The fraction of sp³-hybridized carbons (Fsp3) is 1.00. The Labute approximate surface area is 192 Å². The lowest BCUT2D eigenvalue weighted by Crippen LogP contribution is -2.66. The topological polar surface area (TPSA) is 269 Å². The Balaban J connectivity index is 1.69. The fourth-order valence-electron chi connectivity index (χ4n) is 3.98. The van der Waals surface area contributed by atoms with E-state index in [0.29, 0.717) is 0 Å². The first-order valence-corrected chi connectivity index (χ1v) is 10.6. The van der Waals surface area contributed by atoms with E-state index in [-0.39, 0.29) is 0 Å². The molecule has 3 rings (SSSR count). The van der Waals surface area contributed by atoms with Gasteiger partial charge in [0.1, 0.15) is 73.2 Å². The van der Waals surface area contributed by atoms with Crippen LogP contribution in [-0.2, 0) is 23.7 Å². The number of aliphatic hydroxyl groups is 11. The molecule has 1 unspecified atom stereocenters. The van der Waals surface area contributed by atoms with Crippen molar-refractivity contribution < 1.29 is 79.9 Å². The van der Waals surface area contributed by atoms with Crippen molar-refractivity contribution in [1.29, 1.82) is 0 Å². The van der Waals surface area contributed by atoms with Gasteiger partial charge < -0.3 is 79.9 Å². The summed E-state index contributed by atoms with van der Waals surface area (Å²) in [5, 5.41) is 109. The zero-order valence-electron chi connectivity index (χ0n) is 17.7. The van der Waals surface area contributed by atoms with Crippen LogP contribution in [0.4, 0.5) is 0 Å². The first kappa shape index (κ1) is 27.9. The maximum Gasteiger partial charge on any atom is 0.189 e. The van der Waals surface area contributed by atoms with Crippen molar-refractivity contribution in [2.45, 2.75) is 92.1 Å². The fourth-order valence-corrected chi connectivity index (χ4v) is 3.98. The highest BCUT2D eigenvalue weighted by molar-refractivity contribution is 4.95. The maximum absolute atomic E-state index is 10.6. The van der Waals surface area contributed by atoms with Gasteiger partial charge in [0.05, 0.1) is 19.8 Å². The zero-order chi connectivity index (χ0) is 25.3. The summed E-state index contributed by atoms with van der Waals surface area (Å²) in [6, 6.07) is 0. The summed E-state index contributed by atoms with van der Waals surface area (Å²) in [5.74, 6) is 0. The van der Waals surface area contributed by atoms with Crippen LogP contribution in [0.2, 0.25) is 0 Å². The molecule has 0 aliphatic carbocycles. The molecule has 11 N–H and O–H groups in total. The number of hydrogen-bond donors (Lipinski definition) is 11. The van der Waals surface area contributed by atoms with Crippen molar-refractivity contribution in [2.24, 2.45) is 0 Å². The summed E-state index contributed by atoms with van der Waals surface area (Å²) >= 11 is 0. The first-order valence-electron chi connectivity index (χ1n) is 10.6. The molecule has 3 aliphatic heterocycles. The Kier molecular flexibility index (Phi) is 9.54. The molecule has 0 aromatic rings. The number of hydrogen-bond acceptors (Lipinski definition) is 16. The Bertz CT molecular complexity index is 635. The Hall–Kier alpha value is -0.640. The normalized spacial score (nSPS) is 52.5. The summed E-state index contributed by atoms with van der Waals surface area (Å²) in [6.45, 7) is -2.30. The molecule has 0 amide bonds. The van der Waals surface area contributed by atoms with Gasteiger partial charge in [-0.3, -0.25) is 0 Å². The van der Waals surface area contributed by atoms with Gasteiger partial charge in [-0.15, -0.1) is 0 Å². The van der Waals surface area contributed by atoms with Gasteiger partial charge in [-0.05, 0) is 0 Å². The van der Waals surface area contributed by atoms with Gasteiger partial charge in [-0.1, -0.05) is 0 Å². The van der Waals surface area contributed by atoms with Crippen LogP contribution >= 0.6 is 0 Å². The monoisotopic (exact) mass is 504 g/mol. The van der Waals surface area contributed by atoms with E-state index in [1.807, 2.05) is 0 Å². The Morgan fingerprint density at radius 1 is 0.412 bits per heavy atom. The molecule has 0 bridgehead atoms. The molecule has 0 radical (unpaired) electrons. The van der Waals surface area contributed by atoms with E-state index in [4.69, 9.17) is 23.7 Å². The van der Waals surface area contributed by atoms with E-state index in [2.05, 4.69) is 0 Å². The maximum atomic E-state index is 10.6. The highest BCUT2D eigenvalue weighted by atomic mass is 16.8. The van der Waals surface area contributed by atoms with Crippen molar-refractivity contribution in [2.75, 3.05) is 19.8 Å². The number of rotatable bonds is 7. The van der Waals surface area contributed by atoms with Gasteiger partial charge in [-0.2, -0.15) is 0 Å². The van der Waals surface area contributed by atoms with Crippen molar-refractivity contribution in [1.82, 2.24) is 0 Å². The molecule has 0 aromatic heterocycles. The minimum absolute atomic E-state index is 0.740. The second kappa shape index (κ2) is 11.6. The van der Waals surface area contributed by atoms with Gasteiger partial charge in [0.25, 0.3) is 0 Å². The highest BCUT2D eigenvalue weighted by Crippen LogP contribution is 2.31. The number of ether oxygens (including phenoxy) is 5.